The number of fused-ring (bicyclic) bond motifs is 1. The van der Waals surface area contributed by atoms with E-state index in [2.05, 4.69) is 28.2 Å². The number of hydrogen-bond acceptors (Lipinski definition) is 2. The van der Waals surface area contributed by atoms with Gasteiger partial charge in [-0.1, -0.05) is 18.2 Å². The lowest BCUT2D eigenvalue weighted by Gasteiger charge is -2.31. The molecule has 0 aliphatic carbocycles. The van der Waals surface area contributed by atoms with E-state index in [1.54, 1.807) is 6.07 Å². The predicted octanol–water partition coefficient (Wildman–Crippen LogP) is 2.88. The highest BCUT2D eigenvalue weighted by Crippen LogP contribution is 2.30. The zero-order valence-corrected chi connectivity index (χ0v) is 13.3. The number of rotatable bonds is 2. The first-order valence-corrected chi connectivity index (χ1v) is 8.26. The smallest absolute Gasteiger partial charge is 0.255 e. The van der Waals surface area contributed by atoms with Gasteiger partial charge in [0.25, 0.3) is 5.91 Å². The van der Waals surface area contributed by atoms with Crippen molar-refractivity contribution in [3.63, 3.8) is 0 Å². The van der Waals surface area contributed by atoms with Crippen LogP contribution in [0.2, 0.25) is 0 Å². The Morgan fingerprint density at radius 2 is 1.88 bits per heavy atom. The zero-order valence-electron chi connectivity index (χ0n) is 13.3. The molecule has 0 unspecified atom stereocenters. The van der Waals surface area contributed by atoms with Crippen molar-refractivity contribution in [2.24, 2.45) is 0 Å². The number of carbonyl (C=O) groups is 1. The zero-order chi connectivity index (χ0) is 16.5. The van der Waals surface area contributed by atoms with E-state index < -0.39 is 0 Å². The lowest BCUT2D eigenvalue weighted by atomic mass is 9.93. The van der Waals surface area contributed by atoms with E-state index in [4.69, 9.17) is 0 Å². The summed E-state index contributed by atoms with van der Waals surface area (Å²) in [5.74, 6) is 0.443. The first-order valence-electron chi connectivity index (χ1n) is 8.26. The highest BCUT2D eigenvalue weighted by molar-refractivity contribution is 5.93. The Labute approximate surface area is 139 Å². The number of nitrogens with zero attached hydrogens (tertiary/aromatic N) is 1. The van der Waals surface area contributed by atoms with Gasteiger partial charge in [0.15, 0.2) is 0 Å². The van der Waals surface area contributed by atoms with Gasteiger partial charge in [-0.25, -0.2) is 0 Å². The number of likely N-dealkylation sites (tertiary alicyclic amines) is 1. The summed E-state index contributed by atoms with van der Waals surface area (Å²) in [6.07, 6.45) is 3.39. The molecule has 1 aliphatic rings. The van der Waals surface area contributed by atoms with Gasteiger partial charge in [0, 0.05) is 42.5 Å². The Morgan fingerprint density at radius 1 is 1.08 bits per heavy atom. The van der Waals surface area contributed by atoms with Crippen LogP contribution >= 0.6 is 0 Å². The Hall–Kier alpha value is -2.82. The van der Waals surface area contributed by atoms with Crippen molar-refractivity contribution in [1.82, 2.24) is 14.9 Å². The van der Waals surface area contributed by atoms with Crippen LogP contribution in [-0.2, 0) is 0 Å². The first kappa shape index (κ1) is 14.8. The molecule has 24 heavy (non-hydrogen) atoms. The standard InChI is InChI=1S/C19H19N3O2/c23-18-6-5-15(12-20-18)19(24)22-9-7-13(8-10-22)17-11-14-3-1-2-4-16(14)21-17/h1-6,11-13,21H,7-10H2,(H,20,23). The van der Waals surface area contributed by atoms with E-state index in [-0.39, 0.29) is 11.5 Å². The quantitative estimate of drug-likeness (QED) is 0.762. The van der Waals surface area contributed by atoms with Gasteiger partial charge in [-0.3, -0.25) is 9.59 Å². The maximum Gasteiger partial charge on any atom is 0.255 e. The van der Waals surface area contributed by atoms with Crippen LogP contribution in [-0.4, -0.2) is 33.9 Å². The summed E-state index contributed by atoms with van der Waals surface area (Å²) < 4.78 is 0. The molecule has 5 heteroatoms. The molecule has 1 saturated heterocycles. The number of nitrogens with one attached hydrogen (secondary N) is 2. The van der Waals surface area contributed by atoms with Crippen LogP contribution in [0.25, 0.3) is 10.9 Å². The number of aromatic amines is 2. The highest BCUT2D eigenvalue weighted by atomic mass is 16.2. The summed E-state index contributed by atoms with van der Waals surface area (Å²) in [4.78, 5) is 31.5. The highest BCUT2D eigenvalue weighted by Gasteiger charge is 2.25. The first-order chi connectivity index (χ1) is 11.7. The van der Waals surface area contributed by atoms with Crippen molar-refractivity contribution in [1.29, 1.82) is 0 Å². The summed E-state index contributed by atoms with van der Waals surface area (Å²) in [5.41, 5.74) is 2.77. The van der Waals surface area contributed by atoms with Crippen molar-refractivity contribution in [3.8, 4) is 0 Å². The number of aromatic nitrogens is 2. The van der Waals surface area contributed by atoms with Gasteiger partial charge in [-0.15, -0.1) is 0 Å². The number of amides is 1. The molecule has 1 fully saturated rings. The van der Waals surface area contributed by atoms with Crippen molar-refractivity contribution < 1.29 is 4.79 Å². The summed E-state index contributed by atoms with van der Waals surface area (Å²) in [6, 6.07) is 13.5. The Morgan fingerprint density at radius 3 is 2.58 bits per heavy atom. The van der Waals surface area contributed by atoms with E-state index in [1.807, 2.05) is 17.0 Å². The van der Waals surface area contributed by atoms with Crippen LogP contribution in [0.4, 0.5) is 0 Å². The molecule has 1 amide bonds. The molecule has 0 atom stereocenters. The SMILES string of the molecule is O=C(c1ccc(=O)[nH]c1)N1CCC(c2cc3ccccc3[nH]2)CC1. The summed E-state index contributed by atoms with van der Waals surface area (Å²) in [5, 5.41) is 1.24. The molecule has 0 bridgehead atoms. The molecule has 0 saturated carbocycles. The van der Waals surface area contributed by atoms with Crippen LogP contribution in [0.5, 0.6) is 0 Å². The molecular weight excluding hydrogens is 302 g/mol. The van der Waals surface area contributed by atoms with Gasteiger partial charge < -0.3 is 14.9 Å². The fourth-order valence-electron chi connectivity index (χ4n) is 3.44. The number of para-hydroxylation sites is 1. The summed E-state index contributed by atoms with van der Waals surface area (Å²) in [6.45, 7) is 1.47. The van der Waals surface area contributed by atoms with Gasteiger partial charge in [-0.05, 0) is 36.4 Å². The maximum absolute atomic E-state index is 12.5. The molecule has 1 aliphatic heterocycles. The van der Waals surface area contributed by atoms with Crippen molar-refractivity contribution >= 4 is 16.8 Å². The molecule has 4 rings (SSSR count). The molecule has 3 aromatic rings. The Balaban J connectivity index is 1.45. The monoisotopic (exact) mass is 321 g/mol. The topological polar surface area (TPSA) is 69.0 Å². The van der Waals surface area contributed by atoms with Gasteiger partial charge >= 0.3 is 0 Å². The molecule has 2 aromatic heterocycles. The number of pyridine rings is 1. The summed E-state index contributed by atoms with van der Waals surface area (Å²) >= 11 is 0. The number of carbonyl (C=O) groups excluding carboxylic acids is 1. The lowest BCUT2D eigenvalue weighted by molar-refractivity contribution is 0.0712. The molecule has 0 spiro atoms. The third-order valence-corrected chi connectivity index (χ3v) is 4.80. The van der Waals surface area contributed by atoms with Crippen LogP contribution in [0, 0.1) is 0 Å². The normalized spacial score (nSPS) is 15.8. The second-order valence-electron chi connectivity index (χ2n) is 6.32. The number of H-pyrrole nitrogens is 2. The molecular formula is C19H19N3O2. The van der Waals surface area contributed by atoms with E-state index in [1.165, 1.54) is 28.9 Å². The third-order valence-electron chi connectivity index (χ3n) is 4.80. The molecule has 0 radical (unpaired) electrons. The minimum Gasteiger partial charge on any atom is -0.358 e. The van der Waals surface area contributed by atoms with Gasteiger partial charge in [0.1, 0.15) is 0 Å². The Kier molecular flexibility index (Phi) is 3.69. The van der Waals surface area contributed by atoms with Gasteiger partial charge in [-0.2, -0.15) is 0 Å². The van der Waals surface area contributed by atoms with E-state index in [0.29, 0.717) is 11.5 Å². The van der Waals surface area contributed by atoms with Crippen LogP contribution < -0.4 is 5.56 Å². The number of hydrogen-bond donors (Lipinski definition) is 2. The maximum atomic E-state index is 12.5. The second kappa shape index (κ2) is 6.00. The minimum atomic E-state index is -0.191. The predicted molar refractivity (Wildman–Crippen MR) is 93.2 cm³/mol. The molecule has 2 N–H and O–H groups in total. The van der Waals surface area contributed by atoms with Gasteiger partial charge in [0.05, 0.1) is 5.56 Å². The average molecular weight is 321 g/mol. The minimum absolute atomic E-state index is 0.0126. The molecule has 122 valence electrons. The lowest BCUT2D eigenvalue weighted by Crippen LogP contribution is -2.38. The molecule has 5 nitrogen and oxygen atoms in total. The summed E-state index contributed by atoms with van der Waals surface area (Å²) in [7, 11) is 0. The van der Waals surface area contributed by atoms with Crippen molar-refractivity contribution in [3.05, 3.63) is 70.3 Å². The van der Waals surface area contributed by atoms with Crippen molar-refractivity contribution in [2.75, 3.05) is 13.1 Å². The average Bonchev–Trinajstić information content (AvgIpc) is 3.06. The van der Waals surface area contributed by atoms with E-state index in [0.717, 1.165) is 25.9 Å². The van der Waals surface area contributed by atoms with Crippen LogP contribution in [0.1, 0.15) is 34.8 Å². The fraction of sp³-hybridized carbons (Fsp3) is 0.263. The number of piperidine rings is 1. The van der Waals surface area contributed by atoms with Gasteiger partial charge in [0.2, 0.25) is 5.56 Å². The number of benzene rings is 1. The molecule has 3 heterocycles. The van der Waals surface area contributed by atoms with Crippen LogP contribution in [0.3, 0.4) is 0 Å². The van der Waals surface area contributed by atoms with Crippen molar-refractivity contribution in [2.45, 2.75) is 18.8 Å². The van der Waals surface area contributed by atoms with Crippen LogP contribution in [0.15, 0.2) is 53.5 Å². The second-order valence-corrected chi connectivity index (χ2v) is 6.32. The largest absolute Gasteiger partial charge is 0.358 e. The third kappa shape index (κ3) is 2.73. The fourth-order valence-corrected chi connectivity index (χ4v) is 3.44. The Bertz CT molecular complexity index is 879. The van der Waals surface area contributed by atoms with E-state index in [9.17, 15) is 9.59 Å². The van der Waals surface area contributed by atoms with E-state index >= 15 is 0 Å². The molecule has 1 aromatic carbocycles.